The molecule has 1 aromatic carbocycles. The van der Waals surface area contributed by atoms with Gasteiger partial charge in [0.2, 0.25) is 5.91 Å². The first kappa shape index (κ1) is 15.0. The van der Waals surface area contributed by atoms with Gasteiger partial charge in [0.1, 0.15) is 5.82 Å². The molecule has 1 heterocycles. The number of carbonyl (C=O) groups is 2. The molecule has 0 radical (unpaired) electrons. The number of likely N-dealkylation sites (tertiary alicyclic amines) is 1. The predicted molar refractivity (Wildman–Crippen MR) is 74.6 cm³/mol. The molecule has 1 N–H and O–H groups in total. The summed E-state index contributed by atoms with van der Waals surface area (Å²) in [5, 5.41) is 9.33. The van der Waals surface area contributed by atoms with Crippen molar-refractivity contribution in [2.45, 2.75) is 25.8 Å². The average molecular weight is 344 g/mol. The van der Waals surface area contributed by atoms with Crippen LogP contribution in [0.15, 0.2) is 22.7 Å². The van der Waals surface area contributed by atoms with Gasteiger partial charge in [0, 0.05) is 17.4 Å². The van der Waals surface area contributed by atoms with E-state index in [1.165, 1.54) is 12.1 Å². The monoisotopic (exact) mass is 343 g/mol. The van der Waals surface area contributed by atoms with Crippen LogP contribution < -0.4 is 0 Å². The molecule has 0 aliphatic carbocycles. The molecule has 1 amide bonds. The van der Waals surface area contributed by atoms with E-state index in [4.69, 9.17) is 0 Å². The summed E-state index contributed by atoms with van der Waals surface area (Å²) in [7, 11) is 0. The number of amides is 1. The molecular weight excluding hydrogens is 329 g/mol. The predicted octanol–water partition coefficient (Wildman–Crippen LogP) is 2.97. The summed E-state index contributed by atoms with van der Waals surface area (Å²) in [6.07, 6.45) is 0.733. The summed E-state index contributed by atoms with van der Waals surface area (Å²) in [6.45, 7) is 2.43. The van der Waals surface area contributed by atoms with Crippen molar-refractivity contribution in [2.24, 2.45) is 5.92 Å². The molecular formula is C14H15BrFNO3. The molecule has 0 spiro atoms. The summed E-state index contributed by atoms with van der Waals surface area (Å²) in [5.74, 6) is -2.37. The first-order valence-electron chi connectivity index (χ1n) is 6.43. The van der Waals surface area contributed by atoms with E-state index in [1.54, 1.807) is 11.0 Å². The molecule has 2 atom stereocenters. The first-order valence-corrected chi connectivity index (χ1v) is 7.22. The highest BCUT2D eigenvalue weighted by Crippen LogP contribution is 2.41. The van der Waals surface area contributed by atoms with Gasteiger partial charge in [0.05, 0.1) is 12.0 Å². The van der Waals surface area contributed by atoms with Crippen LogP contribution in [0.25, 0.3) is 0 Å². The zero-order valence-corrected chi connectivity index (χ0v) is 12.6. The van der Waals surface area contributed by atoms with Gasteiger partial charge >= 0.3 is 5.97 Å². The molecule has 2 unspecified atom stereocenters. The summed E-state index contributed by atoms with van der Waals surface area (Å²) < 4.78 is 13.7. The van der Waals surface area contributed by atoms with Crippen LogP contribution in [0, 0.1) is 11.7 Å². The van der Waals surface area contributed by atoms with Crippen molar-refractivity contribution in [3.05, 3.63) is 34.1 Å². The molecule has 1 aliphatic heterocycles. The Labute approximate surface area is 124 Å². The summed E-state index contributed by atoms with van der Waals surface area (Å²) in [5.41, 5.74) is 0.637. The molecule has 0 saturated carbocycles. The van der Waals surface area contributed by atoms with Gasteiger partial charge in [-0.1, -0.05) is 28.9 Å². The third-order valence-electron chi connectivity index (χ3n) is 3.49. The lowest BCUT2D eigenvalue weighted by molar-refractivity contribution is -0.142. The lowest BCUT2D eigenvalue weighted by atomic mass is 9.93. The van der Waals surface area contributed by atoms with Crippen molar-refractivity contribution < 1.29 is 19.1 Å². The van der Waals surface area contributed by atoms with Crippen molar-refractivity contribution >= 4 is 27.8 Å². The van der Waals surface area contributed by atoms with E-state index in [2.05, 4.69) is 15.9 Å². The topological polar surface area (TPSA) is 57.6 Å². The third-order valence-corrected chi connectivity index (χ3v) is 4.18. The molecule has 108 valence electrons. The fourth-order valence-electron chi connectivity index (χ4n) is 2.64. The highest BCUT2D eigenvalue weighted by molar-refractivity contribution is 9.10. The Balaban J connectivity index is 2.46. The van der Waals surface area contributed by atoms with E-state index in [-0.39, 0.29) is 12.3 Å². The molecule has 4 nitrogen and oxygen atoms in total. The number of carboxylic acid groups (broad SMARTS) is 1. The second-order valence-electron chi connectivity index (χ2n) is 4.85. The van der Waals surface area contributed by atoms with E-state index in [0.29, 0.717) is 16.6 Å². The van der Waals surface area contributed by atoms with Crippen molar-refractivity contribution in [2.75, 3.05) is 6.54 Å². The molecule has 2 rings (SSSR count). The first-order chi connectivity index (χ1) is 9.45. The van der Waals surface area contributed by atoms with Crippen molar-refractivity contribution in [3.8, 4) is 0 Å². The van der Waals surface area contributed by atoms with E-state index in [1.807, 2.05) is 6.92 Å². The minimum atomic E-state index is -1.00. The maximum Gasteiger partial charge on any atom is 0.309 e. The fourth-order valence-corrected chi connectivity index (χ4v) is 3.23. The van der Waals surface area contributed by atoms with Crippen LogP contribution in [-0.4, -0.2) is 28.4 Å². The highest BCUT2D eigenvalue weighted by atomic mass is 79.9. The Morgan fingerprint density at radius 3 is 2.80 bits per heavy atom. The number of halogens is 2. The number of aliphatic carboxylic acids is 1. The van der Waals surface area contributed by atoms with Crippen LogP contribution in [0.4, 0.5) is 4.39 Å². The minimum Gasteiger partial charge on any atom is -0.481 e. The largest absolute Gasteiger partial charge is 0.481 e. The quantitative estimate of drug-likeness (QED) is 0.914. The third kappa shape index (κ3) is 2.70. The smallest absolute Gasteiger partial charge is 0.309 e. The zero-order valence-electron chi connectivity index (χ0n) is 11.0. The van der Waals surface area contributed by atoms with Crippen LogP contribution in [0.5, 0.6) is 0 Å². The second kappa shape index (κ2) is 5.91. The van der Waals surface area contributed by atoms with Gasteiger partial charge in [0.15, 0.2) is 0 Å². The van der Waals surface area contributed by atoms with Gasteiger partial charge in [-0.3, -0.25) is 9.59 Å². The van der Waals surface area contributed by atoms with Crippen LogP contribution in [0.2, 0.25) is 0 Å². The van der Waals surface area contributed by atoms with Gasteiger partial charge in [0.25, 0.3) is 0 Å². The summed E-state index contributed by atoms with van der Waals surface area (Å²) in [4.78, 5) is 25.0. The van der Waals surface area contributed by atoms with Crippen LogP contribution in [0.1, 0.15) is 31.4 Å². The molecule has 1 saturated heterocycles. The maximum atomic E-state index is 13.2. The van der Waals surface area contributed by atoms with Gasteiger partial charge in [-0.05, 0) is 24.1 Å². The SMILES string of the molecule is CCCN1C(=O)CC(C(=O)O)C1c1ccc(F)cc1Br. The molecule has 0 aromatic heterocycles. The maximum absolute atomic E-state index is 13.2. The van der Waals surface area contributed by atoms with Gasteiger partial charge in [-0.2, -0.15) is 0 Å². The Bertz CT molecular complexity index is 549. The summed E-state index contributed by atoms with van der Waals surface area (Å²) >= 11 is 3.26. The van der Waals surface area contributed by atoms with Crippen molar-refractivity contribution in [1.29, 1.82) is 0 Å². The molecule has 6 heteroatoms. The molecule has 0 bridgehead atoms. The molecule has 1 aromatic rings. The lowest BCUT2D eigenvalue weighted by Crippen LogP contribution is -2.31. The molecule has 20 heavy (non-hydrogen) atoms. The molecule has 1 fully saturated rings. The van der Waals surface area contributed by atoms with E-state index in [0.717, 1.165) is 6.42 Å². The number of hydrogen-bond acceptors (Lipinski definition) is 2. The standard InChI is InChI=1S/C14H15BrFNO3/c1-2-5-17-12(18)7-10(14(19)20)13(17)9-4-3-8(16)6-11(9)15/h3-4,6,10,13H,2,5,7H2,1H3,(H,19,20). The normalized spacial score (nSPS) is 22.4. The molecule has 1 aliphatic rings. The zero-order chi connectivity index (χ0) is 14.9. The number of carbonyl (C=O) groups excluding carboxylic acids is 1. The van der Waals surface area contributed by atoms with Crippen LogP contribution in [0.3, 0.4) is 0 Å². The van der Waals surface area contributed by atoms with Gasteiger partial charge < -0.3 is 10.0 Å². The average Bonchev–Trinajstić information content (AvgIpc) is 2.68. The Hall–Kier alpha value is -1.43. The number of carboxylic acids is 1. The number of hydrogen-bond donors (Lipinski definition) is 1. The number of nitrogens with zero attached hydrogens (tertiary/aromatic N) is 1. The highest BCUT2D eigenvalue weighted by Gasteiger charge is 2.44. The fraction of sp³-hybridized carbons (Fsp3) is 0.429. The van der Waals surface area contributed by atoms with E-state index < -0.39 is 23.7 Å². The van der Waals surface area contributed by atoms with Crippen LogP contribution in [-0.2, 0) is 9.59 Å². The number of rotatable bonds is 4. The summed E-state index contributed by atoms with van der Waals surface area (Å²) in [6, 6.07) is 3.57. The Morgan fingerprint density at radius 1 is 1.55 bits per heavy atom. The van der Waals surface area contributed by atoms with E-state index >= 15 is 0 Å². The van der Waals surface area contributed by atoms with E-state index in [9.17, 15) is 19.1 Å². The number of benzene rings is 1. The Kier molecular flexibility index (Phi) is 4.42. The van der Waals surface area contributed by atoms with Gasteiger partial charge in [-0.15, -0.1) is 0 Å². The van der Waals surface area contributed by atoms with Crippen molar-refractivity contribution in [1.82, 2.24) is 4.90 Å². The van der Waals surface area contributed by atoms with Gasteiger partial charge in [-0.25, -0.2) is 4.39 Å². The van der Waals surface area contributed by atoms with Crippen LogP contribution >= 0.6 is 15.9 Å². The lowest BCUT2D eigenvalue weighted by Gasteiger charge is -2.27. The second-order valence-corrected chi connectivity index (χ2v) is 5.70. The minimum absolute atomic E-state index is 0.0101. The Morgan fingerprint density at radius 2 is 2.25 bits per heavy atom. The van der Waals surface area contributed by atoms with Crippen molar-refractivity contribution in [3.63, 3.8) is 0 Å².